The molecule has 1 aliphatic heterocycles. The molecule has 0 aromatic heterocycles. The van der Waals surface area contributed by atoms with Gasteiger partial charge in [-0.1, -0.05) is 18.6 Å². The van der Waals surface area contributed by atoms with Crippen LogP contribution >= 0.6 is 0 Å². The number of piperazine rings is 1. The van der Waals surface area contributed by atoms with Crippen molar-refractivity contribution in [2.75, 3.05) is 26.2 Å². The van der Waals surface area contributed by atoms with Crippen molar-refractivity contribution >= 4 is 0 Å². The lowest BCUT2D eigenvalue weighted by molar-refractivity contribution is 0.0836. The Balaban J connectivity index is 1.75. The van der Waals surface area contributed by atoms with Crippen LogP contribution < -0.4 is 10.1 Å². The Hall–Kier alpha value is -1.06. The Morgan fingerprint density at radius 2 is 1.76 bits per heavy atom. The van der Waals surface area contributed by atoms with Crippen molar-refractivity contribution < 1.29 is 4.74 Å². The zero-order valence-electron chi connectivity index (χ0n) is 13.3. The second-order valence-corrected chi connectivity index (χ2v) is 6.66. The topological polar surface area (TPSA) is 24.5 Å². The second kappa shape index (κ2) is 6.80. The van der Waals surface area contributed by atoms with E-state index in [-0.39, 0.29) is 6.10 Å². The van der Waals surface area contributed by atoms with Gasteiger partial charge in [0.2, 0.25) is 0 Å². The Kier molecular flexibility index (Phi) is 4.81. The molecule has 21 heavy (non-hydrogen) atoms. The van der Waals surface area contributed by atoms with E-state index in [1.165, 1.54) is 37.9 Å². The molecular formula is C18H28N2O. The van der Waals surface area contributed by atoms with Crippen LogP contribution in [0.15, 0.2) is 24.3 Å². The van der Waals surface area contributed by atoms with Crippen molar-refractivity contribution in [3.63, 3.8) is 0 Å². The molecule has 1 saturated carbocycles. The first-order valence-corrected chi connectivity index (χ1v) is 8.45. The van der Waals surface area contributed by atoms with E-state index >= 15 is 0 Å². The van der Waals surface area contributed by atoms with Gasteiger partial charge in [0.15, 0.2) is 0 Å². The molecule has 1 N–H and O–H groups in total. The largest absolute Gasteiger partial charge is 0.491 e. The molecule has 3 heteroatoms. The van der Waals surface area contributed by atoms with Gasteiger partial charge in [-0.2, -0.15) is 0 Å². The van der Waals surface area contributed by atoms with Gasteiger partial charge < -0.3 is 10.1 Å². The Bertz CT molecular complexity index is 433. The van der Waals surface area contributed by atoms with Crippen LogP contribution in [0.2, 0.25) is 0 Å². The summed E-state index contributed by atoms with van der Waals surface area (Å²) in [5, 5.41) is 3.47. The highest BCUT2D eigenvalue weighted by molar-refractivity contribution is 5.30. The standard InChI is InChI=1S/C18H28N2O/c1-14(2)21-17-8-6-16(7-9-17)18(15-4-3-5-15)20-12-10-19-11-13-20/h6-9,14-15,18-19H,3-5,10-13H2,1-2H3/t18-/m1/s1. The lowest BCUT2D eigenvalue weighted by atomic mass is 9.76. The van der Waals surface area contributed by atoms with E-state index in [4.69, 9.17) is 4.74 Å². The normalized spacial score (nSPS) is 22.0. The van der Waals surface area contributed by atoms with Gasteiger partial charge >= 0.3 is 0 Å². The second-order valence-electron chi connectivity index (χ2n) is 6.66. The molecule has 0 radical (unpaired) electrons. The number of benzene rings is 1. The van der Waals surface area contributed by atoms with Crippen LogP contribution in [-0.4, -0.2) is 37.2 Å². The SMILES string of the molecule is CC(C)Oc1ccc([C@@H](C2CCC2)N2CCNCC2)cc1. The molecule has 3 rings (SSSR count). The fourth-order valence-corrected chi connectivity index (χ4v) is 3.51. The highest BCUT2D eigenvalue weighted by Crippen LogP contribution is 2.41. The van der Waals surface area contributed by atoms with Crippen molar-refractivity contribution in [2.24, 2.45) is 5.92 Å². The first kappa shape index (κ1) is 14.9. The smallest absolute Gasteiger partial charge is 0.119 e. The molecule has 1 aromatic carbocycles. The van der Waals surface area contributed by atoms with Crippen molar-refractivity contribution in [1.29, 1.82) is 0 Å². The number of nitrogens with one attached hydrogen (secondary N) is 1. The average Bonchev–Trinajstić information content (AvgIpc) is 2.44. The van der Waals surface area contributed by atoms with E-state index in [0.29, 0.717) is 6.04 Å². The molecule has 1 heterocycles. The fourth-order valence-electron chi connectivity index (χ4n) is 3.51. The van der Waals surface area contributed by atoms with Gasteiger partial charge in [0.25, 0.3) is 0 Å². The lowest BCUT2D eigenvalue weighted by Gasteiger charge is -2.43. The van der Waals surface area contributed by atoms with Crippen LogP contribution in [0.5, 0.6) is 5.75 Å². The van der Waals surface area contributed by atoms with Gasteiger partial charge in [-0.05, 0) is 50.3 Å². The van der Waals surface area contributed by atoms with Gasteiger partial charge in [-0.25, -0.2) is 0 Å². The maximum Gasteiger partial charge on any atom is 0.119 e. The van der Waals surface area contributed by atoms with Crippen LogP contribution in [0, 0.1) is 5.92 Å². The quantitative estimate of drug-likeness (QED) is 0.900. The monoisotopic (exact) mass is 288 g/mol. The predicted octanol–water partition coefficient (Wildman–Crippen LogP) is 3.22. The molecule has 1 saturated heterocycles. The van der Waals surface area contributed by atoms with Crippen LogP contribution in [0.25, 0.3) is 0 Å². The average molecular weight is 288 g/mol. The molecule has 0 amide bonds. The molecule has 3 nitrogen and oxygen atoms in total. The molecule has 1 aromatic rings. The van der Waals surface area contributed by atoms with E-state index in [1.807, 2.05) is 0 Å². The van der Waals surface area contributed by atoms with Gasteiger partial charge in [0, 0.05) is 32.2 Å². The molecule has 0 unspecified atom stereocenters. The van der Waals surface area contributed by atoms with Crippen molar-refractivity contribution in [3.8, 4) is 5.75 Å². The van der Waals surface area contributed by atoms with Crippen molar-refractivity contribution in [2.45, 2.75) is 45.3 Å². The Labute approximate surface area is 128 Å². The summed E-state index contributed by atoms with van der Waals surface area (Å²) in [4.78, 5) is 2.68. The predicted molar refractivity (Wildman–Crippen MR) is 86.7 cm³/mol. The summed E-state index contributed by atoms with van der Waals surface area (Å²) < 4.78 is 5.77. The van der Waals surface area contributed by atoms with E-state index in [1.54, 1.807) is 0 Å². The van der Waals surface area contributed by atoms with Gasteiger partial charge in [-0.15, -0.1) is 0 Å². The number of hydrogen-bond acceptors (Lipinski definition) is 3. The van der Waals surface area contributed by atoms with Crippen LogP contribution in [0.4, 0.5) is 0 Å². The fraction of sp³-hybridized carbons (Fsp3) is 0.667. The third kappa shape index (κ3) is 3.58. The summed E-state index contributed by atoms with van der Waals surface area (Å²) in [6.07, 6.45) is 4.42. The first-order valence-electron chi connectivity index (χ1n) is 8.45. The maximum atomic E-state index is 5.77. The third-order valence-corrected chi connectivity index (χ3v) is 4.73. The Morgan fingerprint density at radius 3 is 2.29 bits per heavy atom. The zero-order valence-corrected chi connectivity index (χ0v) is 13.3. The highest BCUT2D eigenvalue weighted by Gasteiger charge is 2.33. The van der Waals surface area contributed by atoms with Gasteiger partial charge in [-0.3, -0.25) is 4.90 Å². The van der Waals surface area contributed by atoms with E-state index in [9.17, 15) is 0 Å². The van der Waals surface area contributed by atoms with Crippen LogP contribution in [0.1, 0.15) is 44.7 Å². The van der Waals surface area contributed by atoms with Crippen molar-refractivity contribution in [3.05, 3.63) is 29.8 Å². The number of ether oxygens (including phenoxy) is 1. The zero-order chi connectivity index (χ0) is 14.7. The Morgan fingerprint density at radius 1 is 1.10 bits per heavy atom. The summed E-state index contributed by atoms with van der Waals surface area (Å²) in [6.45, 7) is 8.74. The minimum absolute atomic E-state index is 0.242. The van der Waals surface area contributed by atoms with E-state index in [0.717, 1.165) is 24.8 Å². The lowest BCUT2D eigenvalue weighted by Crippen LogP contribution is -2.47. The van der Waals surface area contributed by atoms with E-state index < -0.39 is 0 Å². The summed E-state index contributed by atoms with van der Waals surface area (Å²) in [6, 6.07) is 9.45. The molecule has 0 spiro atoms. The van der Waals surface area contributed by atoms with Gasteiger partial charge in [0.05, 0.1) is 6.10 Å². The highest BCUT2D eigenvalue weighted by atomic mass is 16.5. The summed E-state index contributed by atoms with van der Waals surface area (Å²) in [5.74, 6) is 1.83. The minimum atomic E-state index is 0.242. The summed E-state index contributed by atoms with van der Waals surface area (Å²) >= 11 is 0. The number of hydrogen-bond donors (Lipinski definition) is 1. The molecule has 1 aliphatic carbocycles. The number of nitrogens with zero attached hydrogens (tertiary/aromatic N) is 1. The molecule has 2 fully saturated rings. The summed E-state index contributed by atoms with van der Waals surface area (Å²) in [7, 11) is 0. The van der Waals surface area contributed by atoms with E-state index in [2.05, 4.69) is 48.3 Å². The van der Waals surface area contributed by atoms with Gasteiger partial charge in [0.1, 0.15) is 5.75 Å². The first-order chi connectivity index (χ1) is 10.2. The number of rotatable bonds is 5. The molecule has 2 aliphatic rings. The molecule has 1 atom stereocenters. The van der Waals surface area contributed by atoms with Crippen LogP contribution in [-0.2, 0) is 0 Å². The molecule has 0 bridgehead atoms. The van der Waals surface area contributed by atoms with Crippen molar-refractivity contribution in [1.82, 2.24) is 10.2 Å². The molecule has 116 valence electrons. The summed E-state index contributed by atoms with van der Waals surface area (Å²) in [5.41, 5.74) is 1.47. The third-order valence-electron chi connectivity index (χ3n) is 4.73. The molecular weight excluding hydrogens is 260 g/mol. The van der Waals surface area contributed by atoms with Crippen LogP contribution in [0.3, 0.4) is 0 Å². The maximum absolute atomic E-state index is 5.77. The minimum Gasteiger partial charge on any atom is -0.491 e.